The number of anilines is 1. The van der Waals surface area contributed by atoms with E-state index in [2.05, 4.69) is 4.72 Å². The number of benzene rings is 1. The van der Waals surface area contributed by atoms with E-state index in [1.54, 1.807) is 24.3 Å². The van der Waals surface area contributed by atoms with Crippen molar-refractivity contribution in [1.82, 2.24) is 9.44 Å². The lowest BCUT2D eigenvalue weighted by atomic mass is 10.1. The van der Waals surface area contributed by atoms with Crippen LogP contribution in [0.25, 0.3) is 0 Å². The molecule has 1 unspecified atom stereocenters. The Labute approximate surface area is 109 Å². The van der Waals surface area contributed by atoms with Gasteiger partial charge in [-0.15, -0.1) is 0 Å². The molecule has 108 valence electrons. The van der Waals surface area contributed by atoms with Gasteiger partial charge in [0, 0.05) is 11.7 Å². The molecule has 0 saturated heterocycles. The lowest BCUT2D eigenvalue weighted by Gasteiger charge is -2.17. The first-order valence-electron chi connectivity index (χ1n) is 5.29. The van der Waals surface area contributed by atoms with Gasteiger partial charge < -0.3 is 5.73 Å². The molecule has 9 heteroatoms. The second-order valence-electron chi connectivity index (χ2n) is 3.91. The van der Waals surface area contributed by atoms with Crippen molar-refractivity contribution in [3.63, 3.8) is 0 Å². The summed E-state index contributed by atoms with van der Waals surface area (Å²) in [6, 6.07) is 5.74. The highest BCUT2D eigenvalue weighted by molar-refractivity contribution is 7.87. The zero-order valence-corrected chi connectivity index (χ0v) is 10.8. The zero-order chi connectivity index (χ0) is 14.7. The summed E-state index contributed by atoms with van der Waals surface area (Å²) in [4.78, 5) is 0. The predicted octanol–water partition coefficient (Wildman–Crippen LogP) is 1.32. The molecule has 0 amide bonds. The fourth-order valence-electron chi connectivity index (χ4n) is 1.42. The van der Waals surface area contributed by atoms with Crippen LogP contribution in [0.5, 0.6) is 0 Å². The van der Waals surface area contributed by atoms with E-state index in [1.165, 1.54) is 11.6 Å². The van der Waals surface area contributed by atoms with Crippen molar-refractivity contribution in [2.24, 2.45) is 0 Å². The molecule has 19 heavy (non-hydrogen) atoms. The van der Waals surface area contributed by atoms with Gasteiger partial charge in [-0.25, -0.2) is 0 Å². The minimum absolute atomic E-state index is 0.355. The number of hydrogen-bond donors (Lipinski definition) is 3. The molecule has 0 aliphatic carbocycles. The molecule has 1 atom stereocenters. The number of para-hydroxylation sites is 1. The van der Waals surface area contributed by atoms with Crippen LogP contribution >= 0.6 is 0 Å². The van der Waals surface area contributed by atoms with Crippen LogP contribution in [0.3, 0.4) is 0 Å². The Morgan fingerprint density at radius 1 is 1.32 bits per heavy atom. The first-order valence-corrected chi connectivity index (χ1v) is 6.77. The maximum Gasteiger partial charge on any atom is 0.402 e. The SMILES string of the molecule is CC(NS(=O)(=O)NCC(F)(F)F)c1ccccc1N. The normalized spacial score (nSPS) is 14.3. The summed E-state index contributed by atoms with van der Waals surface area (Å²) < 4.78 is 62.1. The summed E-state index contributed by atoms with van der Waals surface area (Å²) in [6.07, 6.45) is -4.61. The molecule has 0 saturated carbocycles. The van der Waals surface area contributed by atoms with Gasteiger partial charge in [0.2, 0.25) is 0 Å². The van der Waals surface area contributed by atoms with Crippen LogP contribution in [-0.4, -0.2) is 21.1 Å². The Hall–Kier alpha value is -1.32. The second-order valence-corrected chi connectivity index (χ2v) is 5.44. The molecule has 0 aliphatic rings. The number of halogens is 3. The maximum absolute atomic E-state index is 11.9. The third kappa shape index (κ3) is 5.45. The van der Waals surface area contributed by atoms with Crippen molar-refractivity contribution >= 4 is 15.9 Å². The lowest BCUT2D eigenvalue weighted by molar-refractivity contribution is -0.121. The van der Waals surface area contributed by atoms with E-state index in [-0.39, 0.29) is 0 Å². The average Bonchev–Trinajstić information content (AvgIpc) is 2.25. The zero-order valence-electron chi connectivity index (χ0n) is 10.0. The Bertz CT molecular complexity index is 531. The van der Waals surface area contributed by atoms with Gasteiger partial charge in [-0.1, -0.05) is 18.2 Å². The highest BCUT2D eigenvalue weighted by Gasteiger charge is 2.30. The predicted molar refractivity (Wildman–Crippen MR) is 65.4 cm³/mol. The van der Waals surface area contributed by atoms with Crippen molar-refractivity contribution in [2.75, 3.05) is 12.3 Å². The largest absolute Gasteiger partial charge is 0.402 e. The van der Waals surface area contributed by atoms with Gasteiger partial charge in [0.05, 0.1) is 0 Å². The Balaban J connectivity index is 2.71. The number of nitrogens with one attached hydrogen (secondary N) is 2. The number of nitrogen functional groups attached to an aromatic ring is 1. The monoisotopic (exact) mass is 297 g/mol. The standard InChI is InChI=1S/C10H14F3N3O2S/c1-7(8-4-2-3-5-9(8)14)16-19(17,18)15-6-10(11,12)13/h2-5,7,15-16H,6,14H2,1H3. The summed E-state index contributed by atoms with van der Waals surface area (Å²) in [5.41, 5.74) is 6.49. The van der Waals surface area contributed by atoms with E-state index in [4.69, 9.17) is 5.73 Å². The quantitative estimate of drug-likeness (QED) is 0.717. The second kappa shape index (κ2) is 5.76. The highest BCUT2D eigenvalue weighted by Crippen LogP contribution is 2.20. The number of alkyl halides is 3. The Morgan fingerprint density at radius 3 is 2.42 bits per heavy atom. The molecule has 0 aliphatic heterocycles. The third-order valence-corrected chi connectivity index (χ3v) is 3.45. The van der Waals surface area contributed by atoms with Gasteiger partial charge in [-0.05, 0) is 18.6 Å². The lowest BCUT2D eigenvalue weighted by Crippen LogP contribution is -2.42. The molecule has 1 aromatic rings. The van der Waals surface area contributed by atoms with Gasteiger partial charge in [0.1, 0.15) is 6.54 Å². The molecule has 0 heterocycles. The number of hydrogen-bond acceptors (Lipinski definition) is 3. The van der Waals surface area contributed by atoms with Crippen molar-refractivity contribution in [1.29, 1.82) is 0 Å². The fraction of sp³-hybridized carbons (Fsp3) is 0.400. The fourth-order valence-corrected chi connectivity index (χ4v) is 2.45. The third-order valence-electron chi connectivity index (χ3n) is 2.26. The van der Waals surface area contributed by atoms with Crippen LogP contribution in [-0.2, 0) is 10.2 Å². The smallest absolute Gasteiger partial charge is 0.398 e. The van der Waals surface area contributed by atoms with Crippen molar-refractivity contribution < 1.29 is 21.6 Å². The molecule has 0 spiro atoms. The molecular weight excluding hydrogens is 283 g/mol. The van der Waals surface area contributed by atoms with E-state index >= 15 is 0 Å². The summed E-state index contributed by atoms with van der Waals surface area (Å²) >= 11 is 0. The summed E-state index contributed by atoms with van der Waals surface area (Å²) in [7, 11) is -4.25. The first-order chi connectivity index (χ1) is 8.61. The van der Waals surface area contributed by atoms with E-state index in [9.17, 15) is 21.6 Å². The molecule has 4 N–H and O–H groups in total. The summed E-state index contributed by atoms with van der Waals surface area (Å²) in [6.45, 7) is -0.141. The number of rotatable bonds is 5. The molecule has 0 aromatic heterocycles. The van der Waals surface area contributed by atoms with Crippen LogP contribution in [0.15, 0.2) is 24.3 Å². The molecule has 5 nitrogen and oxygen atoms in total. The minimum Gasteiger partial charge on any atom is -0.398 e. The molecule has 1 rings (SSSR count). The van der Waals surface area contributed by atoms with Crippen LogP contribution in [0.2, 0.25) is 0 Å². The van der Waals surface area contributed by atoms with Crippen molar-refractivity contribution in [3.05, 3.63) is 29.8 Å². The summed E-state index contributed by atoms with van der Waals surface area (Å²) in [5, 5.41) is 0. The van der Waals surface area contributed by atoms with Gasteiger partial charge in [0.25, 0.3) is 10.2 Å². The van der Waals surface area contributed by atoms with Crippen LogP contribution < -0.4 is 15.2 Å². The van der Waals surface area contributed by atoms with Crippen LogP contribution in [0.1, 0.15) is 18.5 Å². The van der Waals surface area contributed by atoms with E-state index < -0.39 is 29.0 Å². The van der Waals surface area contributed by atoms with Crippen LogP contribution in [0.4, 0.5) is 18.9 Å². The van der Waals surface area contributed by atoms with Gasteiger partial charge in [-0.3, -0.25) is 0 Å². The molecule has 1 aromatic carbocycles. The van der Waals surface area contributed by atoms with Gasteiger partial charge in [0.15, 0.2) is 0 Å². The molecular formula is C10H14F3N3O2S. The van der Waals surface area contributed by atoms with Gasteiger partial charge in [-0.2, -0.15) is 31.0 Å². The van der Waals surface area contributed by atoms with E-state index in [1.807, 2.05) is 0 Å². The average molecular weight is 297 g/mol. The first kappa shape index (κ1) is 15.7. The van der Waals surface area contributed by atoms with Crippen molar-refractivity contribution in [3.8, 4) is 0 Å². The Morgan fingerprint density at radius 2 is 1.89 bits per heavy atom. The van der Waals surface area contributed by atoms with Crippen molar-refractivity contribution in [2.45, 2.75) is 19.1 Å². The number of nitrogens with two attached hydrogens (primary N) is 1. The Kier molecular flexibility index (Phi) is 4.77. The highest BCUT2D eigenvalue weighted by atomic mass is 32.2. The molecule has 0 bridgehead atoms. The van der Waals surface area contributed by atoms with Gasteiger partial charge >= 0.3 is 6.18 Å². The molecule has 0 radical (unpaired) electrons. The van der Waals surface area contributed by atoms with E-state index in [0.29, 0.717) is 11.3 Å². The molecule has 0 fully saturated rings. The topological polar surface area (TPSA) is 84.2 Å². The summed E-state index contributed by atoms with van der Waals surface area (Å²) in [5.74, 6) is 0. The van der Waals surface area contributed by atoms with Crippen LogP contribution in [0, 0.1) is 0 Å². The minimum atomic E-state index is -4.61. The maximum atomic E-state index is 11.9. The van der Waals surface area contributed by atoms with E-state index in [0.717, 1.165) is 0 Å².